The molecule has 0 bridgehead atoms. The van der Waals surface area contributed by atoms with E-state index in [-0.39, 0.29) is 0 Å². The minimum absolute atomic E-state index is 0.425. The summed E-state index contributed by atoms with van der Waals surface area (Å²) in [5.41, 5.74) is 0.786. The van der Waals surface area contributed by atoms with E-state index in [2.05, 4.69) is 5.32 Å². The van der Waals surface area contributed by atoms with Crippen LogP contribution in [0, 0.1) is 11.8 Å². The monoisotopic (exact) mass is 299 g/mol. The van der Waals surface area contributed by atoms with Crippen LogP contribution in [0.15, 0.2) is 18.2 Å². The smallest absolute Gasteiger partial charge is 0.0819 e. The number of nitrogens with one attached hydrogen (secondary N) is 1. The van der Waals surface area contributed by atoms with Gasteiger partial charge in [-0.3, -0.25) is 0 Å². The molecule has 1 aromatic carbocycles. The van der Waals surface area contributed by atoms with E-state index in [1.54, 1.807) is 12.1 Å². The van der Waals surface area contributed by atoms with Crippen LogP contribution in [0.5, 0.6) is 0 Å². The SMILES string of the molecule is OC(CC1NCC2CCCC21)c1ccc(Cl)cc1Cl. The molecule has 0 amide bonds. The van der Waals surface area contributed by atoms with E-state index in [4.69, 9.17) is 23.2 Å². The maximum Gasteiger partial charge on any atom is 0.0819 e. The number of aliphatic hydroxyl groups excluding tert-OH is 1. The molecule has 4 atom stereocenters. The second-order valence-electron chi connectivity index (χ2n) is 5.79. The Morgan fingerprint density at radius 2 is 2.16 bits per heavy atom. The molecule has 1 saturated carbocycles. The molecule has 0 radical (unpaired) electrons. The third-order valence-corrected chi connectivity index (χ3v) is 5.24. The number of hydrogen-bond acceptors (Lipinski definition) is 2. The first kappa shape index (κ1) is 13.7. The van der Waals surface area contributed by atoms with Gasteiger partial charge in [-0.15, -0.1) is 0 Å². The summed E-state index contributed by atoms with van der Waals surface area (Å²) in [6.45, 7) is 1.11. The first-order chi connectivity index (χ1) is 9.15. The van der Waals surface area contributed by atoms with Crippen molar-refractivity contribution in [1.29, 1.82) is 0 Å². The lowest BCUT2D eigenvalue weighted by Crippen LogP contribution is -2.28. The van der Waals surface area contributed by atoms with Gasteiger partial charge in [0.2, 0.25) is 0 Å². The van der Waals surface area contributed by atoms with E-state index in [1.165, 1.54) is 19.3 Å². The highest BCUT2D eigenvalue weighted by molar-refractivity contribution is 6.35. The van der Waals surface area contributed by atoms with Gasteiger partial charge >= 0.3 is 0 Å². The summed E-state index contributed by atoms with van der Waals surface area (Å²) in [5.74, 6) is 1.55. The molecule has 3 rings (SSSR count). The van der Waals surface area contributed by atoms with Gasteiger partial charge in [0.05, 0.1) is 6.10 Å². The third-order valence-electron chi connectivity index (χ3n) is 4.68. The van der Waals surface area contributed by atoms with Crippen LogP contribution in [-0.4, -0.2) is 17.7 Å². The number of halogens is 2. The number of hydrogen-bond donors (Lipinski definition) is 2. The second-order valence-corrected chi connectivity index (χ2v) is 6.63. The number of rotatable bonds is 3. The fourth-order valence-corrected chi connectivity index (χ4v) is 4.23. The molecule has 1 heterocycles. The summed E-state index contributed by atoms with van der Waals surface area (Å²) in [6.07, 6.45) is 4.20. The van der Waals surface area contributed by atoms with Crippen LogP contribution in [0.25, 0.3) is 0 Å². The van der Waals surface area contributed by atoms with E-state index in [0.29, 0.717) is 16.1 Å². The minimum atomic E-state index is -0.512. The van der Waals surface area contributed by atoms with Crippen LogP contribution < -0.4 is 5.32 Å². The Labute approximate surface area is 124 Å². The molecule has 2 N–H and O–H groups in total. The highest BCUT2D eigenvalue weighted by Gasteiger charge is 2.39. The van der Waals surface area contributed by atoms with Gasteiger partial charge in [-0.05, 0) is 55.3 Å². The Bertz CT molecular complexity index is 465. The van der Waals surface area contributed by atoms with Crippen molar-refractivity contribution in [2.45, 2.75) is 37.8 Å². The highest BCUT2D eigenvalue weighted by Crippen LogP contribution is 2.41. The third kappa shape index (κ3) is 2.78. The minimum Gasteiger partial charge on any atom is -0.388 e. The molecule has 1 aliphatic heterocycles. The average Bonchev–Trinajstić information content (AvgIpc) is 2.94. The molecule has 1 aromatic rings. The quantitative estimate of drug-likeness (QED) is 0.890. The zero-order valence-corrected chi connectivity index (χ0v) is 12.3. The van der Waals surface area contributed by atoms with Gasteiger partial charge in [-0.25, -0.2) is 0 Å². The van der Waals surface area contributed by atoms with Crippen LogP contribution in [0.4, 0.5) is 0 Å². The lowest BCUT2D eigenvalue weighted by Gasteiger charge is -2.22. The summed E-state index contributed by atoms with van der Waals surface area (Å²) >= 11 is 12.0. The van der Waals surface area contributed by atoms with Gasteiger partial charge in [0.1, 0.15) is 0 Å². The van der Waals surface area contributed by atoms with Crippen molar-refractivity contribution in [2.24, 2.45) is 11.8 Å². The van der Waals surface area contributed by atoms with Crippen molar-refractivity contribution >= 4 is 23.2 Å². The molecule has 104 valence electrons. The van der Waals surface area contributed by atoms with Crippen LogP contribution in [0.1, 0.15) is 37.4 Å². The Hall–Kier alpha value is -0.280. The molecule has 2 fully saturated rings. The summed E-state index contributed by atoms with van der Waals surface area (Å²) in [5, 5.41) is 15.1. The second kappa shape index (κ2) is 5.61. The first-order valence-electron chi connectivity index (χ1n) is 7.01. The van der Waals surface area contributed by atoms with Crippen molar-refractivity contribution in [2.75, 3.05) is 6.54 Å². The summed E-state index contributed by atoms with van der Waals surface area (Å²) in [6, 6.07) is 5.74. The van der Waals surface area contributed by atoms with E-state index in [1.807, 2.05) is 6.07 Å². The first-order valence-corrected chi connectivity index (χ1v) is 7.77. The Morgan fingerprint density at radius 1 is 1.32 bits per heavy atom. The summed E-state index contributed by atoms with van der Waals surface area (Å²) in [7, 11) is 0. The predicted octanol–water partition coefficient (Wildman–Crippen LogP) is 3.81. The van der Waals surface area contributed by atoms with E-state index < -0.39 is 6.10 Å². The van der Waals surface area contributed by atoms with Crippen molar-refractivity contribution in [1.82, 2.24) is 5.32 Å². The molecular formula is C15H19Cl2NO. The fourth-order valence-electron chi connectivity index (χ4n) is 3.70. The highest BCUT2D eigenvalue weighted by atomic mass is 35.5. The van der Waals surface area contributed by atoms with Crippen molar-refractivity contribution in [3.8, 4) is 0 Å². The molecule has 4 heteroatoms. The largest absolute Gasteiger partial charge is 0.388 e. The summed E-state index contributed by atoms with van der Waals surface area (Å²) in [4.78, 5) is 0. The lowest BCUT2D eigenvalue weighted by atomic mass is 9.89. The van der Waals surface area contributed by atoms with Crippen LogP contribution in [0.2, 0.25) is 10.0 Å². The van der Waals surface area contributed by atoms with Gasteiger partial charge in [0.15, 0.2) is 0 Å². The van der Waals surface area contributed by atoms with Gasteiger partial charge < -0.3 is 10.4 Å². The van der Waals surface area contributed by atoms with E-state index >= 15 is 0 Å². The van der Waals surface area contributed by atoms with Crippen molar-refractivity contribution in [3.63, 3.8) is 0 Å². The van der Waals surface area contributed by atoms with Crippen LogP contribution in [-0.2, 0) is 0 Å². The van der Waals surface area contributed by atoms with E-state index in [9.17, 15) is 5.11 Å². The lowest BCUT2D eigenvalue weighted by molar-refractivity contribution is 0.145. The Kier molecular flexibility index (Phi) is 4.04. The zero-order valence-electron chi connectivity index (χ0n) is 10.8. The molecule has 1 saturated heterocycles. The van der Waals surface area contributed by atoms with Gasteiger partial charge in [0, 0.05) is 16.1 Å². The van der Waals surface area contributed by atoms with E-state index in [0.717, 1.165) is 30.4 Å². The molecule has 4 unspecified atom stereocenters. The van der Waals surface area contributed by atoms with Gasteiger partial charge in [0.25, 0.3) is 0 Å². The molecule has 0 spiro atoms. The van der Waals surface area contributed by atoms with Crippen LogP contribution >= 0.6 is 23.2 Å². The van der Waals surface area contributed by atoms with Crippen molar-refractivity contribution in [3.05, 3.63) is 33.8 Å². The van der Waals surface area contributed by atoms with Gasteiger partial charge in [-0.1, -0.05) is 35.7 Å². The molecule has 0 aromatic heterocycles. The average molecular weight is 300 g/mol. The molecule has 1 aliphatic carbocycles. The summed E-state index contributed by atoms with van der Waals surface area (Å²) < 4.78 is 0. The van der Waals surface area contributed by atoms with Crippen LogP contribution in [0.3, 0.4) is 0 Å². The molecule has 2 aliphatic rings. The van der Waals surface area contributed by atoms with Gasteiger partial charge in [-0.2, -0.15) is 0 Å². The number of aliphatic hydroxyl groups is 1. The molecule has 2 nitrogen and oxygen atoms in total. The fraction of sp³-hybridized carbons (Fsp3) is 0.600. The number of fused-ring (bicyclic) bond motifs is 1. The standard InChI is InChI=1S/C15H19Cl2NO/c16-10-4-5-12(13(17)6-10)15(19)7-14-11-3-1-2-9(11)8-18-14/h4-6,9,11,14-15,18-19H,1-3,7-8H2. The maximum absolute atomic E-state index is 10.4. The predicted molar refractivity (Wildman–Crippen MR) is 78.7 cm³/mol. The maximum atomic E-state index is 10.4. The normalized spacial score (nSPS) is 31.4. The number of benzene rings is 1. The molecular weight excluding hydrogens is 281 g/mol. The Balaban J connectivity index is 1.69. The van der Waals surface area contributed by atoms with Crippen molar-refractivity contribution < 1.29 is 5.11 Å². The molecule has 19 heavy (non-hydrogen) atoms. The topological polar surface area (TPSA) is 32.3 Å². The Morgan fingerprint density at radius 3 is 2.95 bits per heavy atom. The zero-order chi connectivity index (χ0) is 13.4.